The van der Waals surface area contributed by atoms with Gasteiger partial charge in [-0.3, -0.25) is 0 Å². The quantitative estimate of drug-likeness (QED) is 0.373. The predicted octanol–water partition coefficient (Wildman–Crippen LogP) is 3.18. The van der Waals surface area contributed by atoms with Gasteiger partial charge in [-0.1, -0.05) is 0 Å². The van der Waals surface area contributed by atoms with Crippen molar-refractivity contribution in [3.05, 3.63) is 65.9 Å². The van der Waals surface area contributed by atoms with E-state index in [9.17, 15) is 0 Å². The van der Waals surface area contributed by atoms with Gasteiger partial charge < -0.3 is 11.1 Å². The molecule has 4 N–H and O–H groups in total. The summed E-state index contributed by atoms with van der Waals surface area (Å²) in [5.74, 6) is 1.36. The summed E-state index contributed by atoms with van der Waals surface area (Å²) in [6.07, 6.45) is 2.97. The number of anilines is 3. The SMILES string of the molecule is C[C](=[Ca])c1ccc(-c2nccc(Nc3ccc(N)c(C=N)c3)n2)cc1. The standard InChI is InChI=1S/C19H17N5.Ca/c1-2-13-3-5-14(6-4-13)19-22-10-9-18(24-19)23-16-7-8-17(21)15(11-16)12-20;/h3-12,20H,21H2,1H3,(H,22,23,24);. The van der Waals surface area contributed by atoms with Crippen molar-refractivity contribution in [3.63, 3.8) is 0 Å². The van der Waals surface area contributed by atoms with Gasteiger partial charge in [-0.15, -0.1) is 0 Å². The Hall–Kier alpha value is -2.08. The summed E-state index contributed by atoms with van der Waals surface area (Å²) in [4.78, 5) is 8.95. The average Bonchev–Trinajstić information content (AvgIpc) is 2.63. The number of benzene rings is 2. The van der Waals surface area contributed by atoms with Crippen LogP contribution in [0.25, 0.3) is 11.4 Å². The van der Waals surface area contributed by atoms with Crippen molar-refractivity contribution < 1.29 is 0 Å². The first kappa shape index (κ1) is 17.7. The van der Waals surface area contributed by atoms with Crippen LogP contribution in [0.5, 0.6) is 0 Å². The van der Waals surface area contributed by atoms with Gasteiger partial charge in [0.25, 0.3) is 0 Å². The maximum absolute atomic E-state index is 7.40. The maximum atomic E-state index is 7.40. The fourth-order valence-electron chi connectivity index (χ4n) is 2.40. The molecule has 0 fully saturated rings. The second-order valence-corrected chi connectivity index (χ2v) is 7.39. The van der Waals surface area contributed by atoms with Crippen LogP contribution in [0.2, 0.25) is 0 Å². The summed E-state index contributed by atoms with van der Waals surface area (Å²) in [5.41, 5.74) is 10.1. The van der Waals surface area contributed by atoms with Crippen LogP contribution < -0.4 is 11.1 Å². The first-order valence-corrected chi connectivity index (χ1v) is 8.93. The molecule has 6 heteroatoms. The van der Waals surface area contributed by atoms with E-state index in [-0.39, 0.29) is 0 Å². The molecule has 0 radical (unpaired) electrons. The summed E-state index contributed by atoms with van der Waals surface area (Å²) in [6, 6.07) is 15.6. The first-order chi connectivity index (χ1) is 12.1. The van der Waals surface area contributed by atoms with E-state index in [1.807, 2.05) is 30.3 Å². The second-order valence-electron chi connectivity index (χ2n) is 5.74. The van der Waals surface area contributed by atoms with Crippen LogP contribution in [0.15, 0.2) is 54.7 Å². The van der Waals surface area contributed by atoms with Crippen molar-refractivity contribution >= 4 is 60.3 Å². The van der Waals surface area contributed by atoms with Crippen molar-refractivity contribution in [2.45, 2.75) is 6.92 Å². The van der Waals surface area contributed by atoms with Gasteiger partial charge in [0.15, 0.2) is 0 Å². The van der Waals surface area contributed by atoms with E-state index in [0.29, 0.717) is 22.9 Å². The molecule has 0 unspecified atom stereocenters. The molecule has 0 spiro atoms. The number of nitrogens with zero attached hydrogens (tertiary/aromatic N) is 2. The van der Waals surface area contributed by atoms with Crippen LogP contribution in [-0.2, 0) is 0 Å². The first-order valence-electron chi connectivity index (χ1n) is 7.83. The van der Waals surface area contributed by atoms with Crippen LogP contribution in [0, 0.1) is 5.41 Å². The van der Waals surface area contributed by atoms with E-state index >= 15 is 0 Å². The van der Waals surface area contributed by atoms with Gasteiger partial charge in [-0.05, 0) is 0 Å². The van der Waals surface area contributed by atoms with Gasteiger partial charge in [0.05, 0.1) is 0 Å². The van der Waals surface area contributed by atoms with Gasteiger partial charge in [0, 0.05) is 11.9 Å². The molecular weight excluding hydrogens is 338 g/mol. The molecule has 2 aromatic carbocycles. The number of rotatable bonds is 5. The summed E-state index contributed by atoms with van der Waals surface area (Å²) in [6.45, 7) is 2.14. The zero-order chi connectivity index (χ0) is 17.8. The third-order valence-corrected chi connectivity index (χ3v) is 4.44. The molecule has 0 aliphatic carbocycles. The zero-order valence-electron chi connectivity index (χ0n) is 14.0. The molecule has 1 aromatic heterocycles. The van der Waals surface area contributed by atoms with Gasteiger partial charge in [0.1, 0.15) is 0 Å². The minimum atomic E-state index is 0.579. The van der Waals surface area contributed by atoms with Gasteiger partial charge in [-0.25, -0.2) is 0 Å². The van der Waals surface area contributed by atoms with E-state index in [2.05, 4.69) is 34.3 Å². The number of nitrogen functional groups attached to an aromatic ring is 1. The van der Waals surface area contributed by atoms with Crippen molar-refractivity contribution in [1.82, 2.24) is 9.97 Å². The Morgan fingerprint density at radius 2 is 1.92 bits per heavy atom. The van der Waals surface area contributed by atoms with Gasteiger partial charge in [-0.2, -0.15) is 0 Å². The Bertz CT molecular complexity index is 935. The molecule has 5 nitrogen and oxygen atoms in total. The third kappa shape index (κ3) is 4.31. The molecular formula is C19H17CaN5. The Morgan fingerprint density at radius 1 is 1.16 bits per heavy atom. The third-order valence-electron chi connectivity index (χ3n) is 3.81. The fraction of sp³-hybridized carbons (Fsp3) is 0.0526. The van der Waals surface area contributed by atoms with Crippen molar-refractivity contribution in [2.24, 2.45) is 0 Å². The number of aromatic nitrogens is 2. The normalized spacial score (nSPS) is 10.4. The topological polar surface area (TPSA) is 87.7 Å². The van der Waals surface area contributed by atoms with E-state index in [4.69, 9.17) is 11.1 Å². The molecule has 120 valence electrons. The number of nitrogens with two attached hydrogens (primary N) is 1. The Balaban J connectivity index is 1.86. The van der Waals surface area contributed by atoms with Crippen molar-refractivity contribution in [1.29, 1.82) is 5.41 Å². The Labute approximate surface area is 169 Å². The summed E-state index contributed by atoms with van der Waals surface area (Å²) in [5, 5.41) is 10.6. The van der Waals surface area contributed by atoms with Gasteiger partial charge >= 0.3 is 148 Å². The zero-order valence-corrected chi connectivity index (χ0v) is 16.2. The molecule has 3 rings (SSSR count). The molecule has 1 heterocycles. The molecule has 0 saturated carbocycles. The van der Waals surface area contributed by atoms with Crippen molar-refractivity contribution in [3.8, 4) is 11.4 Å². The van der Waals surface area contributed by atoms with Crippen LogP contribution in [0.3, 0.4) is 0 Å². The molecule has 3 aromatic rings. The van der Waals surface area contributed by atoms with E-state index in [0.717, 1.165) is 46.5 Å². The molecule has 0 atom stereocenters. The molecule has 0 amide bonds. The number of hydrogen-bond donors (Lipinski definition) is 3. The number of nitrogens with one attached hydrogen (secondary N) is 2. The monoisotopic (exact) mass is 355 g/mol. The summed E-state index contributed by atoms with van der Waals surface area (Å²) >= 11 is 1.16. The predicted molar refractivity (Wildman–Crippen MR) is 105 cm³/mol. The Morgan fingerprint density at radius 3 is 2.60 bits per heavy atom. The van der Waals surface area contributed by atoms with E-state index in [1.54, 1.807) is 12.3 Å². The van der Waals surface area contributed by atoms with Gasteiger partial charge in [0.2, 0.25) is 0 Å². The molecule has 0 aliphatic rings. The van der Waals surface area contributed by atoms with E-state index < -0.39 is 0 Å². The number of hydrogen-bond acceptors (Lipinski definition) is 5. The van der Waals surface area contributed by atoms with Crippen LogP contribution in [0.4, 0.5) is 17.2 Å². The molecule has 0 bridgehead atoms. The molecule has 0 aliphatic heterocycles. The molecule has 25 heavy (non-hydrogen) atoms. The van der Waals surface area contributed by atoms with Crippen LogP contribution >= 0.6 is 0 Å². The minimum absolute atomic E-state index is 0.579. The Kier molecular flexibility index (Phi) is 5.58. The second kappa shape index (κ2) is 7.87. The summed E-state index contributed by atoms with van der Waals surface area (Å²) in [7, 11) is 0. The summed E-state index contributed by atoms with van der Waals surface area (Å²) < 4.78 is 1.40. The van der Waals surface area contributed by atoms with Crippen molar-refractivity contribution in [2.75, 3.05) is 11.1 Å². The average molecular weight is 355 g/mol. The van der Waals surface area contributed by atoms with Crippen LogP contribution in [-0.4, -0.2) is 53.0 Å². The fourth-order valence-corrected chi connectivity index (χ4v) is 2.76. The molecule has 0 saturated heterocycles. The van der Waals surface area contributed by atoms with Crippen LogP contribution in [0.1, 0.15) is 18.1 Å². The van der Waals surface area contributed by atoms with E-state index in [1.165, 1.54) is 13.4 Å².